The van der Waals surface area contributed by atoms with E-state index in [1.54, 1.807) is 0 Å². The highest BCUT2D eigenvalue weighted by atomic mass is 16.6. The Hall–Kier alpha value is -3.41. The minimum atomic E-state index is -0.850. The number of nitrogens with zero attached hydrogens (tertiary/aromatic N) is 2. The van der Waals surface area contributed by atoms with Gasteiger partial charge in [-0.05, 0) is 50.8 Å². The van der Waals surface area contributed by atoms with E-state index < -0.39 is 5.97 Å². The molecular formula is C25H28N2O4. The average Bonchev–Trinajstić information content (AvgIpc) is 3.14. The van der Waals surface area contributed by atoms with Gasteiger partial charge in [0.1, 0.15) is 12.4 Å². The van der Waals surface area contributed by atoms with Gasteiger partial charge in [0.15, 0.2) is 0 Å². The predicted octanol–water partition coefficient (Wildman–Crippen LogP) is 5.57. The first kappa shape index (κ1) is 22.3. The fourth-order valence-corrected chi connectivity index (χ4v) is 3.16. The predicted molar refractivity (Wildman–Crippen MR) is 120 cm³/mol. The molecule has 1 aromatic heterocycles. The molecule has 0 bridgehead atoms. The van der Waals surface area contributed by atoms with Crippen LogP contribution in [0, 0.1) is 13.8 Å². The van der Waals surface area contributed by atoms with Gasteiger partial charge in [0.25, 0.3) is 0 Å². The van der Waals surface area contributed by atoms with Crippen molar-refractivity contribution in [2.45, 2.75) is 46.0 Å². The first-order valence-electron chi connectivity index (χ1n) is 10.5. The SMILES string of the molecule is Cc1ccc(-c2nc(CCCCO/N=C(\CCC(=O)O)c3ccccc3)c(C)o2)cc1. The fraction of sp³-hybridized carbons (Fsp3) is 0.320. The molecule has 0 saturated carbocycles. The van der Waals surface area contributed by atoms with Crippen LogP contribution >= 0.6 is 0 Å². The summed E-state index contributed by atoms with van der Waals surface area (Å²) in [5.41, 5.74) is 4.68. The molecule has 0 atom stereocenters. The summed E-state index contributed by atoms with van der Waals surface area (Å²) in [6.07, 6.45) is 2.87. The largest absolute Gasteiger partial charge is 0.481 e. The van der Waals surface area contributed by atoms with Gasteiger partial charge in [0, 0.05) is 12.0 Å². The number of benzene rings is 2. The zero-order valence-corrected chi connectivity index (χ0v) is 18.0. The molecule has 0 amide bonds. The second kappa shape index (κ2) is 11.1. The van der Waals surface area contributed by atoms with Crippen molar-refractivity contribution >= 4 is 11.7 Å². The number of oxime groups is 1. The maximum Gasteiger partial charge on any atom is 0.303 e. The summed E-state index contributed by atoms with van der Waals surface area (Å²) in [4.78, 5) is 21.0. The lowest BCUT2D eigenvalue weighted by Gasteiger charge is -2.06. The van der Waals surface area contributed by atoms with Crippen LogP contribution in [0.1, 0.15) is 48.3 Å². The Morgan fingerprint density at radius 1 is 1.03 bits per heavy atom. The van der Waals surface area contributed by atoms with Crippen molar-refractivity contribution in [1.82, 2.24) is 4.98 Å². The molecule has 0 saturated heterocycles. The van der Waals surface area contributed by atoms with E-state index in [2.05, 4.69) is 17.1 Å². The molecule has 31 heavy (non-hydrogen) atoms. The van der Waals surface area contributed by atoms with Crippen LogP contribution in [0.25, 0.3) is 11.5 Å². The Kier molecular flexibility index (Phi) is 7.98. The highest BCUT2D eigenvalue weighted by Crippen LogP contribution is 2.23. The van der Waals surface area contributed by atoms with Crippen LogP contribution in [0.4, 0.5) is 0 Å². The quantitative estimate of drug-likeness (QED) is 0.249. The third kappa shape index (κ3) is 6.81. The molecule has 0 fully saturated rings. The van der Waals surface area contributed by atoms with Crippen molar-refractivity contribution in [2.24, 2.45) is 5.16 Å². The van der Waals surface area contributed by atoms with Gasteiger partial charge in [-0.2, -0.15) is 0 Å². The molecule has 1 N–H and O–H groups in total. The standard InChI is InChI=1S/C25H28N2O4/c1-18-11-13-21(14-12-18)25-26-22(19(2)31-25)10-6-7-17-30-27-23(15-16-24(28)29)20-8-4-3-5-9-20/h3-5,8-9,11-14H,6-7,10,15-17H2,1-2H3,(H,28,29)/b27-23+. The number of hydrogen-bond acceptors (Lipinski definition) is 5. The van der Waals surface area contributed by atoms with E-state index in [-0.39, 0.29) is 6.42 Å². The van der Waals surface area contributed by atoms with Gasteiger partial charge in [0.05, 0.1) is 17.8 Å². The number of aryl methyl sites for hydroxylation is 3. The minimum absolute atomic E-state index is 0.0197. The molecule has 3 rings (SSSR count). The molecule has 1 heterocycles. The molecule has 0 aliphatic rings. The first-order chi connectivity index (χ1) is 15.0. The van der Waals surface area contributed by atoms with E-state index in [0.29, 0.717) is 24.6 Å². The number of unbranched alkanes of at least 4 members (excludes halogenated alkanes) is 1. The number of oxazole rings is 1. The van der Waals surface area contributed by atoms with Crippen LogP contribution in [-0.4, -0.2) is 28.4 Å². The van der Waals surface area contributed by atoms with Crippen LogP contribution in [0.2, 0.25) is 0 Å². The zero-order chi connectivity index (χ0) is 22.1. The van der Waals surface area contributed by atoms with Gasteiger partial charge < -0.3 is 14.4 Å². The number of carboxylic acid groups (broad SMARTS) is 1. The normalized spacial score (nSPS) is 11.5. The third-order valence-corrected chi connectivity index (χ3v) is 4.95. The van der Waals surface area contributed by atoms with Crippen LogP contribution in [0.15, 0.2) is 64.2 Å². The molecule has 2 aromatic carbocycles. The van der Waals surface area contributed by atoms with E-state index in [9.17, 15) is 4.79 Å². The molecule has 162 valence electrons. The number of carboxylic acids is 1. The molecule has 3 aromatic rings. The molecular weight excluding hydrogens is 392 g/mol. The topological polar surface area (TPSA) is 84.9 Å². The number of aromatic nitrogens is 1. The van der Waals surface area contributed by atoms with Gasteiger partial charge in [0.2, 0.25) is 5.89 Å². The number of rotatable bonds is 11. The Labute approximate surface area is 182 Å². The molecule has 0 spiro atoms. The van der Waals surface area contributed by atoms with Crippen molar-refractivity contribution in [2.75, 3.05) is 6.61 Å². The number of carbonyl (C=O) groups is 1. The summed E-state index contributed by atoms with van der Waals surface area (Å²) in [6, 6.07) is 17.7. The van der Waals surface area contributed by atoms with Crippen molar-refractivity contribution in [3.63, 3.8) is 0 Å². The van der Waals surface area contributed by atoms with E-state index in [0.717, 1.165) is 41.8 Å². The second-order valence-corrected chi connectivity index (χ2v) is 7.48. The van der Waals surface area contributed by atoms with E-state index in [1.807, 2.05) is 61.5 Å². The van der Waals surface area contributed by atoms with E-state index in [1.165, 1.54) is 5.56 Å². The van der Waals surface area contributed by atoms with Gasteiger partial charge in [-0.3, -0.25) is 4.79 Å². The van der Waals surface area contributed by atoms with Crippen molar-refractivity contribution in [1.29, 1.82) is 0 Å². The highest BCUT2D eigenvalue weighted by molar-refractivity contribution is 6.01. The van der Waals surface area contributed by atoms with Gasteiger partial charge in [-0.1, -0.05) is 53.2 Å². The zero-order valence-electron chi connectivity index (χ0n) is 18.0. The Balaban J connectivity index is 1.49. The third-order valence-electron chi connectivity index (χ3n) is 4.95. The lowest BCUT2D eigenvalue weighted by molar-refractivity contribution is -0.136. The molecule has 0 unspecified atom stereocenters. The van der Waals surface area contributed by atoms with Gasteiger partial charge >= 0.3 is 5.97 Å². The van der Waals surface area contributed by atoms with Gasteiger partial charge in [-0.25, -0.2) is 4.98 Å². The molecule has 6 heteroatoms. The average molecular weight is 421 g/mol. The summed E-state index contributed by atoms with van der Waals surface area (Å²) < 4.78 is 5.83. The van der Waals surface area contributed by atoms with E-state index >= 15 is 0 Å². The van der Waals surface area contributed by atoms with Gasteiger partial charge in [-0.15, -0.1) is 0 Å². The van der Waals surface area contributed by atoms with Crippen molar-refractivity contribution in [3.05, 3.63) is 77.2 Å². The molecule has 0 radical (unpaired) electrons. The lowest BCUT2D eigenvalue weighted by Crippen LogP contribution is -2.06. The summed E-state index contributed by atoms with van der Waals surface area (Å²) in [5, 5.41) is 13.2. The summed E-state index contributed by atoms with van der Waals surface area (Å²) in [5.74, 6) is 0.644. The Morgan fingerprint density at radius 2 is 1.77 bits per heavy atom. The number of aliphatic carboxylic acids is 1. The minimum Gasteiger partial charge on any atom is -0.481 e. The smallest absolute Gasteiger partial charge is 0.303 e. The molecule has 0 aliphatic carbocycles. The summed E-state index contributed by atoms with van der Waals surface area (Å²) in [7, 11) is 0. The fourth-order valence-electron chi connectivity index (χ4n) is 3.16. The van der Waals surface area contributed by atoms with Crippen LogP contribution < -0.4 is 0 Å². The van der Waals surface area contributed by atoms with Crippen LogP contribution in [0.3, 0.4) is 0 Å². The Morgan fingerprint density at radius 3 is 2.48 bits per heavy atom. The maximum absolute atomic E-state index is 10.9. The first-order valence-corrected chi connectivity index (χ1v) is 10.5. The van der Waals surface area contributed by atoms with Crippen molar-refractivity contribution < 1.29 is 19.2 Å². The van der Waals surface area contributed by atoms with Crippen LogP contribution in [-0.2, 0) is 16.1 Å². The summed E-state index contributed by atoms with van der Waals surface area (Å²) >= 11 is 0. The molecule has 0 aliphatic heterocycles. The summed E-state index contributed by atoms with van der Waals surface area (Å²) in [6.45, 7) is 4.46. The Bertz CT molecular complexity index is 1010. The monoisotopic (exact) mass is 420 g/mol. The van der Waals surface area contributed by atoms with E-state index in [4.69, 9.17) is 14.4 Å². The van der Waals surface area contributed by atoms with Crippen LogP contribution in [0.5, 0.6) is 0 Å². The molecule has 6 nitrogen and oxygen atoms in total. The number of hydrogen-bond donors (Lipinski definition) is 1. The lowest BCUT2D eigenvalue weighted by atomic mass is 10.1. The second-order valence-electron chi connectivity index (χ2n) is 7.48. The highest BCUT2D eigenvalue weighted by Gasteiger charge is 2.11. The van der Waals surface area contributed by atoms with Crippen molar-refractivity contribution in [3.8, 4) is 11.5 Å². The maximum atomic E-state index is 10.9.